The number of hydrogen-bond acceptors (Lipinski definition) is 5. The van der Waals surface area contributed by atoms with E-state index < -0.39 is 0 Å². The van der Waals surface area contributed by atoms with Crippen molar-refractivity contribution < 1.29 is 0 Å². The maximum atomic E-state index is 4.85. The zero-order valence-corrected chi connectivity index (χ0v) is 12.9. The van der Waals surface area contributed by atoms with Crippen molar-refractivity contribution in [3.8, 4) is 10.6 Å². The minimum Gasteiger partial charge on any atom is -0.312 e. The summed E-state index contributed by atoms with van der Waals surface area (Å²) in [5.41, 5.74) is 3.50. The molecule has 3 nitrogen and oxygen atoms in total. The van der Waals surface area contributed by atoms with Crippen LogP contribution in [-0.4, -0.2) is 17.0 Å². The Morgan fingerprint density at radius 3 is 3.25 bits per heavy atom. The van der Waals surface area contributed by atoms with E-state index in [-0.39, 0.29) is 0 Å². The summed E-state index contributed by atoms with van der Waals surface area (Å²) in [6.45, 7) is 0. The highest BCUT2D eigenvalue weighted by molar-refractivity contribution is 7.17. The second-order valence-corrected chi connectivity index (χ2v) is 7.07. The molecule has 0 saturated heterocycles. The number of pyridine rings is 1. The Bertz CT molecular complexity index is 759. The SMILES string of the molecule is CNC1CCCc2nc(-c3cnc4ccsc4c3)sc21. The van der Waals surface area contributed by atoms with E-state index in [0.29, 0.717) is 6.04 Å². The minimum absolute atomic E-state index is 0.475. The molecule has 1 unspecified atom stereocenters. The van der Waals surface area contributed by atoms with Crippen molar-refractivity contribution in [1.29, 1.82) is 0 Å². The van der Waals surface area contributed by atoms with Crippen LogP contribution in [0.1, 0.15) is 29.5 Å². The summed E-state index contributed by atoms with van der Waals surface area (Å²) in [4.78, 5) is 10.8. The molecule has 0 spiro atoms. The lowest BCUT2D eigenvalue weighted by Crippen LogP contribution is -2.19. The normalized spacial score (nSPS) is 18.4. The molecule has 0 fully saturated rings. The van der Waals surface area contributed by atoms with Crippen LogP contribution in [0.25, 0.3) is 20.8 Å². The van der Waals surface area contributed by atoms with Crippen molar-refractivity contribution in [3.05, 3.63) is 34.3 Å². The molecule has 5 heteroatoms. The molecule has 1 aliphatic rings. The lowest BCUT2D eigenvalue weighted by molar-refractivity contribution is 0.501. The first-order valence-electron chi connectivity index (χ1n) is 6.85. The average molecular weight is 301 g/mol. The van der Waals surface area contributed by atoms with Gasteiger partial charge in [0.25, 0.3) is 0 Å². The van der Waals surface area contributed by atoms with E-state index >= 15 is 0 Å². The Morgan fingerprint density at radius 2 is 2.35 bits per heavy atom. The van der Waals surface area contributed by atoms with Crippen LogP contribution in [-0.2, 0) is 6.42 Å². The van der Waals surface area contributed by atoms with Gasteiger partial charge in [-0.2, -0.15) is 0 Å². The fraction of sp³-hybridized carbons (Fsp3) is 0.333. The van der Waals surface area contributed by atoms with Crippen molar-refractivity contribution in [2.24, 2.45) is 0 Å². The summed E-state index contributed by atoms with van der Waals surface area (Å²) >= 11 is 3.56. The molecule has 3 heterocycles. The largest absolute Gasteiger partial charge is 0.312 e. The van der Waals surface area contributed by atoms with Crippen molar-refractivity contribution in [2.75, 3.05) is 7.05 Å². The molecule has 0 amide bonds. The number of thiophene rings is 1. The predicted octanol–water partition coefficient (Wildman–Crippen LogP) is 4.02. The van der Waals surface area contributed by atoms with E-state index in [4.69, 9.17) is 4.98 Å². The molecule has 0 radical (unpaired) electrons. The number of rotatable bonds is 2. The van der Waals surface area contributed by atoms with E-state index in [1.807, 2.05) is 24.6 Å². The number of aromatic nitrogens is 2. The van der Waals surface area contributed by atoms with Crippen LogP contribution in [0.3, 0.4) is 0 Å². The van der Waals surface area contributed by atoms with E-state index in [0.717, 1.165) is 22.5 Å². The third kappa shape index (κ3) is 1.97. The Hall–Kier alpha value is -1.30. The van der Waals surface area contributed by atoms with Crippen LogP contribution in [0.15, 0.2) is 23.7 Å². The smallest absolute Gasteiger partial charge is 0.125 e. The first-order valence-corrected chi connectivity index (χ1v) is 8.55. The molecular weight excluding hydrogens is 286 g/mol. The summed E-state index contributed by atoms with van der Waals surface area (Å²) in [6.07, 6.45) is 5.50. The first kappa shape index (κ1) is 12.4. The van der Waals surface area contributed by atoms with E-state index in [9.17, 15) is 0 Å². The van der Waals surface area contributed by atoms with E-state index in [2.05, 4.69) is 27.8 Å². The molecule has 1 aliphatic carbocycles. The minimum atomic E-state index is 0.475. The van der Waals surface area contributed by atoms with Crippen LogP contribution in [0.5, 0.6) is 0 Å². The van der Waals surface area contributed by atoms with Crippen LogP contribution in [0, 0.1) is 0 Å². The molecule has 0 aromatic carbocycles. The number of hydrogen-bond donors (Lipinski definition) is 1. The highest BCUT2D eigenvalue weighted by Crippen LogP contribution is 2.38. The molecule has 4 rings (SSSR count). The van der Waals surface area contributed by atoms with Crippen LogP contribution < -0.4 is 5.32 Å². The molecule has 0 bridgehead atoms. The van der Waals surface area contributed by atoms with Crippen molar-refractivity contribution >= 4 is 32.9 Å². The fourth-order valence-electron chi connectivity index (χ4n) is 2.78. The van der Waals surface area contributed by atoms with Gasteiger partial charge in [0, 0.05) is 22.7 Å². The van der Waals surface area contributed by atoms with Crippen LogP contribution in [0.4, 0.5) is 0 Å². The van der Waals surface area contributed by atoms with Gasteiger partial charge in [0.15, 0.2) is 0 Å². The molecule has 102 valence electrons. The van der Waals surface area contributed by atoms with Gasteiger partial charge in [-0.1, -0.05) is 0 Å². The van der Waals surface area contributed by atoms with Gasteiger partial charge < -0.3 is 5.32 Å². The van der Waals surface area contributed by atoms with Crippen molar-refractivity contribution in [1.82, 2.24) is 15.3 Å². The molecule has 0 saturated carbocycles. The van der Waals surface area contributed by atoms with Crippen LogP contribution >= 0.6 is 22.7 Å². The standard InChI is InChI=1S/C15H15N3S2/c1-16-11-3-2-4-12-14(11)20-15(18-12)9-7-13-10(17-8-9)5-6-19-13/h5-8,11,16H,2-4H2,1H3. The quantitative estimate of drug-likeness (QED) is 0.777. The summed E-state index contributed by atoms with van der Waals surface area (Å²) in [5.74, 6) is 0. The first-order chi connectivity index (χ1) is 9.85. The number of thiazole rings is 1. The van der Waals surface area contributed by atoms with E-state index in [1.54, 1.807) is 11.3 Å². The van der Waals surface area contributed by atoms with Gasteiger partial charge in [-0.3, -0.25) is 4.98 Å². The van der Waals surface area contributed by atoms with E-state index in [1.165, 1.54) is 28.1 Å². The molecule has 1 atom stereocenters. The number of fused-ring (bicyclic) bond motifs is 2. The highest BCUT2D eigenvalue weighted by atomic mass is 32.1. The maximum Gasteiger partial charge on any atom is 0.125 e. The van der Waals surface area contributed by atoms with Crippen molar-refractivity contribution in [2.45, 2.75) is 25.3 Å². The van der Waals surface area contributed by atoms with Gasteiger partial charge in [0.1, 0.15) is 5.01 Å². The number of aryl methyl sites for hydroxylation is 1. The Kier molecular flexibility index (Phi) is 3.06. The molecule has 0 aliphatic heterocycles. The third-order valence-corrected chi connectivity index (χ3v) is 5.96. The Balaban J connectivity index is 1.80. The second kappa shape index (κ2) is 4.91. The summed E-state index contributed by atoms with van der Waals surface area (Å²) < 4.78 is 1.24. The summed E-state index contributed by atoms with van der Waals surface area (Å²) in [7, 11) is 2.04. The molecule has 20 heavy (non-hydrogen) atoms. The number of nitrogens with zero attached hydrogens (tertiary/aromatic N) is 2. The molecule has 3 aromatic rings. The second-order valence-electron chi connectivity index (χ2n) is 5.09. The zero-order chi connectivity index (χ0) is 13.5. The van der Waals surface area contributed by atoms with Crippen LogP contribution in [0.2, 0.25) is 0 Å². The summed E-state index contributed by atoms with van der Waals surface area (Å²) in [5, 5.41) is 6.61. The topological polar surface area (TPSA) is 37.8 Å². The lowest BCUT2D eigenvalue weighted by Gasteiger charge is -2.19. The third-order valence-electron chi connectivity index (χ3n) is 3.85. The Morgan fingerprint density at radius 1 is 1.40 bits per heavy atom. The maximum absolute atomic E-state index is 4.85. The average Bonchev–Trinajstić information content (AvgIpc) is 3.11. The van der Waals surface area contributed by atoms with Gasteiger partial charge >= 0.3 is 0 Å². The van der Waals surface area contributed by atoms with Gasteiger partial charge in [-0.05, 0) is 43.8 Å². The molecule has 1 N–H and O–H groups in total. The van der Waals surface area contributed by atoms with Gasteiger partial charge in [-0.25, -0.2) is 4.98 Å². The lowest BCUT2D eigenvalue weighted by atomic mass is 9.98. The zero-order valence-electron chi connectivity index (χ0n) is 11.2. The highest BCUT2D eigenvalue weighted by Gasteiger charge is 2.23. The van der Waals surface area contributed by atoms with Gasteiger partial charge in [0.05, 0.1) is 15.9 Å². The van der Waals surface area contributed by atoms with Crippen molar-refractivity contribution in [3.63, 3.8) is 0 Å². The van der Waals surface area contributed by atoms with Gasteiger partial charge in [0.2, 0.25) is 0 Å². The predicted molar refractivity (Wildman–Crippen MR) is 85.5 cm³/mol. The van der Waals surface area contributed by atoms with Gasteiger partial charge in [-0.15, -0.1) is 22.7 Å². The number of nitrogens with one attached hydrogen (secondary N) is 1. The fourth-order valence-corrected chi connectivity index (χ4v) is 4.80. The molecular formula is C15H15N3S2. The monoisotopic (exact) mass is 301 g/mol. The summed E-state index contributed by atoms with van der Waals surface area (Å²) in [6, 6.07) is 4.75. The molecule has 3 aromatic heterocycles. The Labute approximate surface area is 125 Å².